The molecule has 0 radical (unpaired) electrons. The monoisotopic (exact) mass is 321 g/mol. The van der Waals surface area contributed by atoms with Crippen LogP contribution in [-0.2, 0) is 0 Å². The highest BCUT2D eigenvalue weighted by Crippen LogP contribution is 2.26. The summed E-state index contributed by atoms with van der Waals surface area (Å²) in [6, 6.07) is 19.6. The minimum Gasteiger partial charge on any atom is -0.323 e. The van der Waals surface area contributed by atoms with Crippen LogP contribution in [0, 0.1) is 0 Å². The van der Waals surface area contributed by atoms with Crippen LogP contribution in [0.25, 0.3) is 22.2 Å². The Hall–Kier alpha value is -2.92. The van der Waals surface area contributed by atoms with E-state index in [0.29, 0.717) is 11.6 Å². The van der Waals surface area contributed by atoms with E-state index < -0.39 is 0 Å². The molecule has 112 valence electrons. The number of halogens is 1. The van der Waals surface area contributed by atoms with Crippen molar-refractivity contribution in [2.24, 2.45) is 0 Å². The standard InChI is InChI=1S/C17H12ClN5/c18-17-19-13-9-5-4-8-12(13)16(21-17)20-15-10-14(22-23-15)11-6-2-1-3-7-11/h1-10H,(H2,19,20,21,22,23). The number of aromatic nitrogens is 4. The number of nitrogens with zero attached hydrogens (tertiary/aromatic N) is 3. The number of anilines is 2. The van der Waals surface area contributed by atoms with Gasteiger partial charge in [-0.2, -0.15) is 10.1 Å². The van der Waals surface area contributed by atoms with Crippen molar-refractivity contribution in [2.45, 2.75) is 0 Å². The maximum Gasteiger partial charge on any atom is 0.224 e. The van der Waals surface area contributed by atoms with E-state index in [9.17, 15) is 0 Å². The molecule has 0 aliphatic carbocycles. The molecule has 4 aromatic rings. The van der Waals surface area contributed by atoms with Crippen molar-refractivity contribution in [3.63, 3.8) is 0 Å². The van der Waals surface area contributed by atoms with E-state index in [-0.39, 0.29) is 5.28 Å². The fourth-order valence-electron chi connectivity index (χ4n) is 2.42. The molecule has 0 saturated heterocycles. The fraction of sp³-hybridized carbons (Fsp3) is 0. The predicted molar refractivity (Wildman–Crippen MR) is 91.9 cm³/mol. The van der Waals surface area contributed by atoms with Gasteiger partial charge in [0.15, 0.2) is 5.82 Å². The first-order valence-electron chi connectivity index (χ1n) is 7.10. The summed E-state index contributed by atoms with van der Waals surface area (Å²) in [5.74, 6) is 1.30. The zero-order valence-corrected chi connectivity index (χ0v) is 12.7. The molecule has 4 rings (SSSR count). The Bertz CT molecular complexity index is 965. The van der Waals surface area contributed by atoms with Crippen molar-refractivity contribution in [2.75, 3.05) is 5.32 Å². The summed E-state index contributed by atoms with van der Waals surface area (Å²) in [7, 11) is 0. The van der Waals surface area contributed by atoms with Gasteiger partial charge < -0.3 is 5.32 Å². The number of aromatic amines is 1. The number of H-pyrrole nitrogens is 1. The van der Waals surface area contributed by atoms with Crippen LogP contribution in [0.3, 0.4) is 0 Å². The van der Waals surface area contributed by atoms with Crippen LogP contribution in [0.15, 0.2) is 60.7 Å². The molecular weight excluding hydrogens is 310 g/mol. The van der Waals surface area contributed by atoms with Crippen LogP contribution in [-0.4, -0.2) is 20.2 Å². The molecule has 0 aliphatic rings. The minimum absolute atomic E-state index is 0.199. The van der Waals surface area contributed by atoms with E-state index >= 15 is 0 Å². The van der Waals surface area contributed by atoms with Gasteiger partial charge in [-0.05, 0) is 29.3 Å². The number of benzene rings is 2. The van der Waals surface area contributed by atoms with Gasteiger partial charge >= 0.3 is 0 Å². The van der Waals surface area contributed by atoms with E-state index in [0.717, 1.165) is 22.2 Å². The number of rotatable bonds is 3. The van der Waals surface area contributed by atoms with Crippen LogP contribution < -0.4 is 5.32 Å². The molecule has 2 N–H and O–H groups in total. The van der Waals surface area contributed by atoms with Crippen molar-refractivity contribution < 1.29 is 0 Å². The Labute approximate surface area is 137 Å². The zero-order chi connectivity index (χ0) is 15.6. The molecule has 6 heteroatoms. The Kier molecular flexibility index (Phi) is 3.40. The smallest absolute Gasteiger partial charge is 0.224 e. The third-order valence-corrected chi connectivity index (χ3v) is 3.65. The first kappa shape index (κ1) is 13.7. The van der Waals surface area contributed by atoms with Crippen LogP contribution >= 0.6 is 11.6 Å². The van der Waals surface area contributed by atoms with Crippen molar-refractivity contribution in [1.82, 2.24) is 20.2 Å². The first-order valence-corrected chi connectivity index (χ1v) is 7.47. The molecule has 0 atom stereocenters. The van der Waals surface area contributed by atoms with Gasteiger partial charge in [0.05, 0.1) is 11.2 Å². The van der Waals surface area contributed by atoms with Gasteiger partial charge in [-0.3, -0.25) is 5.10 Å². The number of fused-ring (bicyclic) bond motifs is 1. The van der Waals surface area contributed by atoms with Crippen LogP contribution in [0.5, 0.6) is 0 Å². The van der Waals surface area contributed by atoms with Gasteiger partial charge in [-0.15, -0.1) is 0 Å². The summed E-state index contributed by atoms with van der Waals surface area (Å²) in [5, 5.41) is 11.6. The summed E-state index contributed by atoms with van der Waals surface area (Å²) in [6.07, 6.45) is 0. The van der Waals surface area contributed by atoms with Gasteiger partial charge in [0.1, 0.15) is 5.82 Å². The molecule has 5 nitrogen and oxygen atoms in total. The lowest BCUT2D eigenvalue weighted by Crippen LogP contribution is -1.97. The highest BCUT2D eigenvalue weighted by Gasteiger charge is 2.09. The Morgan fingerprint density at radius 1 is 0.913 bits per heavy atom. The van der Waals surface area contributed by atoms with E-state index in [1.165, 1.54) is 0 Å². The van der Waals surface area contributed by atoms with Gasteiger partial charge in [0.25, 0.3) is 0 Å². The topological polar surface area (TPSA) is 66.5 Å². The van der Waals surface area contributed by atoms with Crippen LogP contribution in [0.1, 0.15) is 0 Å². The van der Waals surface area contributed by atoms with Crippen molar-refractivity contribution in [3.05, 3.63) is 65.9 Å². The lowest BCUT2D eigenvalue weighted by atomic mass is 10.1. The highest BCUT2D eigenvalue weighted by atomic mass is 35.5. The Balaban J connectivity index is 1.70. The second-order valence-electron chi connectivity index (χ2n) is 5.02. The SMILES string of the molecule is Clc1nc(Nc2cc(-c3ccccc3)[nH]n2)c2ccccc2n1. The zero-order valence-electron chi connectivity index (χ0n) is 12.0. The molecule has 2 aromatic carbocycles. The van der Waals surface area contributed by atoms with Crippen LogP contribution in [0.4, 0.5) is 11.6 Å². The molecule has 0 spiro atoms. The normalized spacial score (nSPS) is 10.8. The number of nitrogens with one attached hydrogen (secondary N) is 2. The summed E-state index contributed by atoms with van der Waals surface area (Å²) in [4.78, 5) is 8.48. The van der Waals surface area contributed by atoms with Gasteiger partial charge in [0.2, 0.25) is 5.28 Å². The van der Waals surface area contributed by atoms with Gasteiger partial charge in [-0.1, -0.05) is 42.5 Å². The number of hydrogen-bond acceptors (Lipinski definition) is 4. The molecule has 0 unspecified atom stereocenters. The maximum atomic E-state index is 6.00. The van der Waals surface area contributed by atoms with E-state index in [4.69, 9.17) is 11.6 Å². The molecule has 2 heterocycles. The second kappa shape index (κ2) is 5.70. The summed E-state index contributed by atoms with van der Waals surface area (Å²) < 4.78 is 0. The lowest BCUT2D eigenvalue weighted by Gasteiger charge is -2.06. The van der Waals surface area contributed by atoms with Crippen molar-refractivity contribution in [1.29, 1.82) is 0 Å². The lowest BCUT2D eigenvalue weighted by molar-refractivity contribution is 1.09. The average Bonchev–Trinajstić information content (AvgIpc) is 3.04. The molecule has 0 bridgehead atoms. The molecule has 0 amide bonds. The molecular formula is C17H12ClN5. The predicted octanol–water partition coefficient (Wildman–Crippen LogP) is 4.42. The molecule has 0 aliphatic heterocycles. The molecule has 23 heavy (non-hydrogen) atoms. The summed E-state index contributed by atoms with van der Waals surface area (Å²) in [6.45, 7) is 0. The van der Waals surface area contributed by atoms with Gasteiger partial charge in [-0.25, -0.2) is 4.98 Å². The number of hydrogen-bond donors (Lipinski definition) is 2. The minimum atomic E-state index is 0.199. The average molecular weight is 322 g/mol. The molecule has 0 fully saturated rings. The Morgan fingerprint density at radius 2 is 1.70 bits per heavy atom. The number of para-hydroxylation sites is 1. The third-order valence-electron chi connectivity index (χ3n) is 3.49. The third kappa shape index (κ3) is 2.74. The van der Waals surface area contributed by atoms with Crippen molar-refractivity contribution in [3.8, 4) is 11.3 Å². The van der Waals surface area contributed by atoms with Crippen molar-refractivity contribution >= 4 is 34.1 Å². The Morgan fingerprint density at radius 3 is 2.57 bits per heavy atom. The van der Waals surface area contributed by atoms with Gasteiger partial charge in [0, 0.05) is 11.5 Å². The van der Waals surface area contributed by atoms with E-state index in [2.05, 4.69) is 25.5 Å². The largest absolute Gasteiger partial charge is 0.323 e. The van der Waals surface area contributed by atoms with E-state index in [1.807, 2.05) is 60.7 Å². The first-order chi connectivity index (χ1) is 11.3. The van der Waals surface area contributed by atoms with E-state index in [1.54, 1.807) is 0 Å². The molecule has 0 saturated carbocycles. The summed E-state index contributed by atoms with van der Waals surface area (Å²) >= 11 is 6.00. The quantitative estimate of drug-likeness (QED) is 0.548. The fourth-order valence-corrected chi connectivity index (χ4v) is 2.59. The maximum absolute atomic E-state index is 6.00. The van der Waals surface area contributed by atoms with Crippen LogP contribution in [0.2, 0.25) is 5.28 Å². The summed E-state index contributed by atoms with van der Waals surface area (Å²) in [5.41, 5.74) is 2.78. The second-order valence-corrected chi connectivity index (χ2v) is 5.35. The molecule has 2 aromatic heterocycles. The highest BCUT2D eigenvalue weighted by molar-refractivity contribution is 6.28.